The molecule has 10 nitrogen and oxygen atoms in total. The number of nitriles is 1. The molecule has 1 amide bonds. The second-order valence-corrected chi connectivity index (χ2v) is 11.3. The van der Waals surface area contributed by atoms with Crippen molar-refractivity contribution in [2.24, 2.45) is 5.73 Å². The summed E-state index contributed by atoms with van der Waals surface area (Å²) in [7, 11) is 1.69. The molecule has 4 heterocycles. The Morgan fingerprint density at radius 1 is 1.26 bits per heavy atom. The molecule has 222 valence electrons. The van der Waals surface area contributed by atoms with Gasteiger partial charge in [0.1, 0.15) is 23.4 Å². The number of methoxy groups -OCH3 is 1. The molecule has 43 heavy (non-hydrogen) atoms. The Morgan fingerprint density at radius 2 is 2.05 bits per heavy atom. The topological polar surface area (TPSA) is 129 Å². The maximum Gasteiger partial charge on any atom is 0.278 e. The summed E-state index contributed by atoms with van der Waals surface area (Å²) in [6, 6.07) is 13.7. The zero-order valence-corrected chi connectivity index (χ0v) is 24.3. The van der Waals surface area contributed by atoms with Crippen molar-refractivity contribution in [3.05, 3.63) is 82.7 Å². The molecule has 2 aromatic heterocycles. The average Bonchev–Trinajstić information content (AvgIpc) is 3.53. The van der Waals surface area contributed by atoms with Crippen LogP contribution in [0.2, 0.25) is 0 Å². The molecule has 2 aliphatic rings. The zero-order chi connectivity index (χ0) is 30.3. The van der Waals surface area contributed by atoms with Gasteiger partial charge in [-0.15, -0.1) is 0 Å². The van der Waals surface area contributed by atoms with E-state index in [0.717, 1.165) is 54.4 Å². The summed E-state index contributed by atoms with van der Waals surface area (Å²) in [6.45, 7) is 6.67. The highest BCUT2D eigenvalue weighted by Gasteiger charge is 2.43. The summed E-state index contributed by atoms with van der Waals surface area (Å²) in [5.74, 6) is -0.372. The van der Waals surface area contributed by atoms with Gasteiger partial charge < -0.3 is 24.5 Å². The number of carbonyl (C=O) groups is 1. The Bertz CT molecular complexity index is 1740. The number of aromatic nitrogens is 3. The van der Waals surface area contributed by atoms with Gasteiger partial charge >= 0.3 is 0 Å². The maximum absolute atomic E-state index is 15.0. The first-order valence-corrected chi connectivity index (χ1v) is 14.3. The summed E-state index contributed by atoms with van der Waals surface area (Å²) in [5.41, 5.74) is 8.59. The number of hydrogen-bond donors (Lipinski definition) is 1. The third-order valence-corrected chi connectivity index (χ3v) is 8.42. The van der Waals surface area contributed by atoms with Crippen molar-refractivity contribution in [3.63, 3.8) is 0 Å². The summed E-state index contributed by atoms with van der Waals surface area (Å²) in [4.78, 5) is 23.0. The van der Waals surface area contributed by atoms with Crippen molar-refractivity contribution in [2.45, 2.75) is 57.6 Å². The number of halogens is 1. The number of likely N-dealkylation sites (tertiary alicyclic amines) is 1. The van der Waals surface area contributed by atoms with Crippen LogP contribution in [-0.4, -0.2) is 51.6 Å². The quantitative estimate of drug-likeness (QED) is 0.318. The van der Waals surface area contributed by atoms with E-state index < -0.39 is 17.5 Å². The van der Waals surface area contributed by atoms with E-state index in [2.05, 4.69) is 20.5 Å². The lowest BCUT2D eigenvalue weighted by Crippen LogP contribution is -2.34. The molecule has 1 fully saturated rings. The van der Waals surface area contributed by atoms with Gasteiger partial charge in [0, 0.05) is 31.2 Å². The van der Waals surface area contributed by atoms with Gasteiger partial charge in [0.15, 0.2) is 11.5 Å². The van der Waals surface area contributed by atoms with Crippen LogP contribution in [0.5, 0.6) is 11.5 Å². The molecule has 2 N–H and O–H groups in total. The van der Waals surface area contributed by atoms with Crippen LogP contribution in [0.4, 0.5) is 4.39 Å². The zero-order valence-electron chi connectivity index (χ0n) is 24.3. The number of rotatable bonds is 8. The number of hydrogen-bond acceptors (Lipinski definition) is 8. The number of imidazole rings is 1. The molecular formula is C32H33FN6O4. The van der Waals surface area contributed by atoms with E-state index in [0.29, 0.717) is 30.3 Å². The minimum atomic E-state index is -1.38. The highest BCUT2D eigenvalue weighted by Crippen LogP contribution is 2.49. The molecule has 0 aliphatic carbocycles. The lowest BCUT2D eigenvalue weighted by molar-refractivity contribution is -0.0712. The lowest BCUT2D eigenvalue weighted by Gasteiger charge is -2.32. The van der Waals surface area contributed by atoms with Crippen LogP contribution in [-0.2, 0) is 23.6 Å². The van der Waals surface area contributed by atoms with Crippen LogP contribution in [0.1, 0.15) is 65.6 Å². The smallest absolute Gasteiger partial charge is 0.278 e. The van der Waals surface area contributed by atoms with Crippen molar-refractivity contribution in [2.75, 3.05) is 20.2 Å². The monoisotopic (exact) mass is 584 g/mol. The van der Waals surface area contributed by atoms with Gasteiger partial charge in [0.25, 0.3) is 5.79 Å². The summed E-state index contributed by atoms with van der Waals surface area (Å²) >= 11 is 0. The molecule has 0 unspecified atom stereocenters. The number of piperidine rings is 1. The lowest BCUT2D eigenvalue weighted by atomic mass is 9.88. The predicted octanol–water partition coefficient (Wildman–Crippen LogP) is 4.60. The number of para-hydroxylation sites is 1. The number of ether oxygens (including phenoxy) is 3. The maximum atomic E-state index is 15.0. The highest BCUT2D eigenvalue weighted by molar-refractivity contribution is 5.92. The molecular weight excluding hydrogens is 551 g/mol. The minimum Gasteiger partial charge on any atom is -0.444 e. The van der Waals surface area contributed by atoms with E-state index in [-0.39, 0.29) is 23.1 Å². The Kier molecular flexibility index (Phi) is 7.50. The van der Waals surface area contributed by atoms with Gasteiger partial charge in [-0.05, 0) is 63.0 Å². The van der Waals surface area contributed by atoms with Crippen LogP contribution >= 0.6 is 0 Å². The van der Waals surface area contributed by atoms with Gasteiger partial charge in [0.2, 0.25) is 5.91 Å². The van der Waals surface area contributed by atoms with Crippen LogP contribution in [0, 0.1) is 17.1 Å². The molecule has 2 atom stereocenters. The third-order valence-electron chi connectivity index (χ3n) is 8.42. The summed E-state index contributed by atoms with van der Waals surface area (Å²) in [6.07, 6.45) is 3.49. The molecule has 0 saturated carbocycles. The first-order valence-electron chi connectivity index (χ1n) is 14.3. The number of nitrogens with two attached hydrogens (primary N) is 1. The SMILES string of the molecule is CO[C@@H](C)Cn1c(CN2CCC(c3cccc4c3O[C@@](C)(c3ccc(C(N)=O)cc3F)O4)CC2)nc2cc(C#N)ncc21. The average molecular weight is 585 g/mol. The Hall–Kier alpha value is -4.53. The highest BCUT2D eigenvalue weighted by atomic mass is 19.1. The van der Waals surface area contributed by atoms with Crippen LogP contribution in [0.15, 0.2) is 48.7 Å². The van der Waals surface area contributed by atoms with Gasteiger partial charge in [-0.1, -0.05) is 12.1 Å². The molecule has 6 rings (SSSR count). The molecule has 0 spiro atoms. The Balaban J connectivity index is 1.18. The van der Waals surface area contributed by atoms with Crippen LogP contribution < -0.4 is 15.2 Å². The number of carbonyl (C=O) groups excluding carboxylic acids is 1. The van der Waals surface area contributed by atoms with E-state index in [4.69, 9.17) is 24.9 Å². The molecule has 0 bridgehead atoms. The fourth-order valence-corrected chi connectivity index (χ4v) is 6.01. The molecule has 2 aromatic carbocycles. The molecule has 1 saturated heterocycles. The van der Waals surface area contributed by atoms with Gasteiger partial charge in [-0.3, -0.25) is 9.69 Å². The first-order chi connectivity index (χ1) is 20.7. The second kappa shape index (κ2) is 11.3. The largest absolute Gasteiger partial charge is 0.444 e. The second-order valence-electron chi connectivity index (χ2n) is 11.3. The van der Waals surface area contributed by atoms with Crippen molar-refractivity contribution < 1.29 is 23.4 Å². The number of pyridine rings is 1. The molecule has 2 aliphatic heterocycles. The van der Waals surface area contributed by atoms with E-state index in [1.54, 1.807) is 26.3 Å². The first kappa shape index (κ1) is 28.6. The van der Waals surface area contributed by atoms with Gasteiger partial charge in [0.05, 0.1) is 42.0 Å². The Morgan fingerprint density at radius 3 is 2.74 bits per heavy atom. The minimum absolute atomic E-state index is 0.0137. The molecule has 11 heteroatoms. The van der Waals surface area contributed by atoms with E-state index in [9.17, 15) is 10.1 Å². The van der Waals surface area contributed by atoms with E-state index in [1.807, 2.05) is 25.1 Å². The number of nitrogens with zero attached hydrogens (tertiary/aromatic N) is 5. The van der Waals surface area contributed by atoms with Crippen molar-refractivity contribution >= 4 is 16.9 Å². The van der Waals surface area contributed by atoms with Crippen molar-refractivity contribution in [1.82, 2.24) is 19.4 Å². The number of benzene rings is 2. The fraction of sp³-hybridized carbons (Fsp3) is 0.375. The van der Waals surface area contributed by atoms with E-state index in [1.165, 1.54) is 12.1 Å². The summed E-state index contributed by atoms with van der Waals surface area (Å²) < 4.78 is 35.2. The van der Waals surface area contributed by atoms with Crippen LogP contribution in [0.25, 0.3) is 11.0 Å². The van der Waals surface area contributed by atoms with Crippen molar-refractivity contribution in [3.8, 4) is 17.6 Å². The van der Waals surface area contributed by atoms with E-state index >= 15 is 4.39 Å². The van der Waals surface area contributed by atoms with Gasteiger partial charge in [-0.2, -0.15) is 5.26 Å². The normalized spacial score (nSPS) is 19.4. The van der Waals surface area contributed by atoms with Crippen molar-refractivity contribution in [1.29, 1.82) is 5.26 Å². The Labute approximate surface area is 248 Å². The predicted molar refractivity (Wildman–Crippen MR) is 156 cm³/mol. The molecule has 4 aromatic rings. The number of fused-ring (bicyclic) bond motifs is 2. The number of primary amides is 1. The summed E-state index contributed by atoms with van der Waals surface area (Å²) in [5, 5.41) is 9.30. The molecule has 0 radical (unpaired) electrons. The fourth-order valence-electron chi connectivity index (χ4n) is 6.01. The standard InChI is InChI=1S/C32H33FN6O4/c1-19(41-3)17-39-27-16-36-22(15-34)14-26(27)37-29(39)18-38-11-9-20(10-12-38)23-5-4-6-28-30(23)43-32(2,42-28)24-8-7-21(31(35)40)13-25(24)33/h4-8,13-14,16,19-20H,9-12,17-18H2,1-3H3,(H2,35,40)/t19-,32-/m0/s1. The van der Waals surface area contributed by atoms with Crippen LogP contribution in [0.3, 0.4) is 0 Å². The van der Waals surface area contributed by atoms with Gasteiger partial charge in [-0.25, -0.2) is 14.4 Å². The number of amides is 1. The third kappa shape index (κ3) is 5.40.